The summed E-state index contributed by atoms with van der Waals surface area (Å²) in [5.41, 5.74) is 2.38. The second kappa shape index (κ2) is 8.08. The molecular weight excluding hydrogens is 286 g/mol. The molecule has 1 heterocycles. The first-order valence-electron chi connectivity index (χ1n) is 7.93. The Kier molecular flexibility index (Phi) is 5.35. The lowest BCUT2D eigenvalue weighted by atomic mass is 10.1. The van der Waals surface area contributed by atoms with E-state index in [1.54, 1.807) is 6.26 Å². The van der Waals surface area contributed by atoms with Gasteiger partial charge in [0.05, 0.1) is 19.4 Å². The number of benzene rings is 2. The second-order valence-corrected chi connectivity index (χ2v) is 5.40. The van der Waals surface area contributed by atoms with E-state index in [0.717, 1.165) is 36.6 Å². The minimum Gasteiger partial charge on any atom is -0.494 e. The van der Waals surface area contributed by atoms with Crippen molar-refractivity contribution >= 4 is 5.69 Å². The van der Waals surface area contributed by atoms with Gasteiger partial charge in [-0.15, -0.1) is 0 Å². The highest BCUT2D eigenvalue weighted by atomic mass is 16.5. The lowest BCUT2D eigenvalue weighted by Crippen LogP contribution is -2.01. The Morgan fingerprint density at radius 2 is 1.83 bits per heavy atom. The molecule has 0 radical (unpaired) electrons. The summed E-state index contributed by atoms with van der Waals surface area (Å²) in [5, 5.41) is 3.33. The molecule has 0 amide bonds. The van der Waals surface area contributed by atoms with E-state index >= 15 is 0 Å². The van der Waals surface area contributed by atoms with Gasteiger partial charge >= 0.3 is 0 Å². The maximum atomic E-state index is 5.84. The Balaban J connectivity index is 1.44. The normalized spacial score (nSPS) is 10.4. The number of anilines is 1. The molecule has 0 saturated carbocycles. The monoisotopic (exact) mass is 307 g/mol. The van der Waals surface area contributed by atoms with E-state index in [2.05, 4.69) is 29.6 Å². The number of rotatable bonds is 8. The van der Waals surface area contributed by atoms with Crippen LogP contribution in [0, 0.1) is 0 Å². The summed E-state index contributed by atoms with van der Waals surface area (Å²) in [7, 11) is 0. The van der Waals surface area contributed by atoms with Gasteiger partial charge in [0.1, 0.15) is 11.5 Å². The van der Waals surface area contributed by atoms with Crippen molar-refractivity contribution in [2.75, 3.05) is 11.9 Å². The van der Waals surface area contributed by atoms with Crippen LogP contribution in [0.2, 0.25) is 0 Å². The highest BCUT2D eigenvalue weighted by Gasteiger charge is 1.99. The molecule has 0 atom stereocenters. The predicted octanol–water partition coefficient (Wildman–Crippen LogP) is 4.90. The molecule has 0 aliphatic heterocycles. The van der Waals surface area contributed by atoms with Gasteiger partial charge in [0.15, 0.2) is 0 Å². The Labute approximate surface area is 136 Å². The molecule has 0 saturated heterocycles. The highest BCUT2D eigenvalue weighted by molar-refractivity contribution is 5.48. The van der Waals surface area contributed by atoms with Gasteiger partial charge in [-0.2, -0.15) is 0 Å². The maximum Gasteiger partial charge on any atom is 0.122 e. The zero-order chi connectivity index (χ0) is 15.7. The lowest BCUT2D eigenvalue weighted by molar-refractivity contribution is 0.311. The van der Waals surface area contributed by atoms with Crippen molar-refractivity contribution in [2.24, 2.45) is 0 Å². The standard InChI is InChI=1S/C20H21NO2/c1-2-7-17(8-3-1)9-5-13-22-19-11-4-10-18(15-19)21-16-20-12-6-14-23-20/h1-4,6-8,10-12,14-15,21H,5,9,13,16H2. The van der Waals surface area contributed by atoms with Crippen LogP contribution in [0.1, 0.15) is 17.7 Å². The van der Waals surface area contributed by atoms with Gasteiger partial charge in [-0.25, -0.2) is 0 Å². The van der Waals surface area contributed by atoms with Crippen LogP contribution in [0.4, 0.5) is 5.69 Å². The number of furan rings is 1. The van der Waals surface area contributed by atoms with Crippen LogP contribution in [0.3, 0.4) is 0 Å². The van der Waals surface area contributed by atoms with E-state index < -0.39 is 0 Å². The zero-order valence-corrected chi connectivity index (χ0v) is 13.1. The average Bonchev–Trinajstić information content (AvgIpc) is 3.12. The summed E-state index contributed by atoms with van der Waals surface area (Å²) in [6, 6.07) is 22.4. The smallest absolute Gasteiger partial charge is 0.122 e. The van der Waals surface area contributed by atoms with Crippen molar-refractivity contribution in [3.05, 3.63) is 84.3 Å². The summed E-state index contributed by atoms with van der Waals surface area (Å²) < 4.78 is 11.2. The molecular formula is C20H21NO2. The van der Waals surface area contributed by atoms with Crippen molar-refractivity contribution < 1.29 is 9.15 Å². The Bertz CT molecular complexity index is 693. The lowest BCUT2D eigenvalue weighted by Gasteiger charge is -2.09. The van der Waals surface area contributed by atoms with Crippen LogP contribution < -0.4 is 10.1 Å². The van der Waals surface area contributed by atoms with Gasteiger partial charge in [-0.05, 0) is 42.7 Å². The number of hydrogen-bond donors (Lipinski definition) is 1. The molecule has 23 heavy (non-hydrogen) atoms. The van der Waals surface area contributed by atoms with E-state index in [9.17, 15) is 0 Å². The molecule has 3 aromatic rings. The predicted molar refractivity (Wildman–Crippen MR) is 92.7 cm³/mol. The van der Waals surface area contributed by atoms with Crippen LogP contribution in [0.15, 0.2) is 77.4 Å². The van der Waals surface area contributed by atoms with Crippen molar-refractivity contribution in [1.29, 1.82) is 0 Å². The van der Waals surface area contributed by atoms with Crippen LogP contribution in [0.5, 0.6) is 5.75 Å². The fourth-order valence-electron chi connectivity index (χ4n) is 2.41. The first-order valence-corrected chi connectivity index (χ1v) is 7.93. The Morgan fingerprint density at radius 3 is 2.65 bits per heavy atom. The van der Waals surface area contributed by atoms with Gasteiger partial charge in [-0.3, -0.25) is 0 Å². The molecule has 118 valence electrons. The Morgan fingerprint density at radius 1 is 0.913 bits per heavy atom. The van der Waals surface area contributed by atoms with E-state index in [4.69, 9.17) is 9.15 Å². The van der Waals surface area contributed by atoms with Crippen LogP contribution in [-0.4, -0.2) is 6.61 Å². The maximum absolute atomic E-state index is 5.84. The van der Waals surface area contributed by atoms with Gasteiger partial charge in [-0.1, -0.05) is 36.4 Å². The third kappa shape index (κ3) is 4.92. The number of aryl methyl sites for hydroxylation is 1. The number of nitrogens with one attached hydrogen (secondary N) is 1. The Hall–Kier alpha value is -2.68. The molecule has 3 nitrogen and oxygen atoms in total. The second-order valence-electron chi connectivity index (χ2n) is 5.40. The SMILES string of the molecule is c1ccc(CCCOc2cccc(NCc3ccco3)c2)cc1. The summed E-state index contributed by atoms with van der Waals surface area (Å²) in [6.07, 6.45) is 3.73. The third-order valence-corrected chi connectivity index (χ3v) is 3.60. The fourth-order valence-corrected chi connectivity index (χ4v) is 2.41. The summed E-state index contributed by atoms with van der Waals surface area (Å²) in [6.45, 7) is 1.39. The first kappa shape index (κ1) is 15.2. The van der Waals surface area contributed by atoms with Gasteiger partial charge in [0.25, 0.3) is 0 Å². The zero-order valence-electron chi connectivity index (χ0n) is 13.1. The van der Waals surface area contributed by atoms with E-state index in [1.165, 1.54) is 5.56 Å². The quantitative estimate of drug-likeness (QED) is 0.601. The fraction of sp³-hybridized carbons (Fsp3) is 0.200. The first-order chi connectivity index (χ1) is 11.4. The van der Waals surface area contributed by atoms with Gasteiger partial charge in [0, 0.05) is 11.8 Å². The summed E-state index contributed by atoms with van der Waals surface area (Å²) >= 11 is 0. The van der Waals surface area contributed by atoms with E-state index in [0.29, 0.717) is 6.54 Å². The molecule has 0 unspecified atom stereocenters. The minimum atomic E-state index is 0.671. The van der Waals surface area contributed by atoms with Crippen molar-refractivity contribution in [3.8, 4) is 5.75 Å². The summed E-state index contributed by atoms with van der Waals surface area (Å²) in [5.74, 6) is 1.81. The van der Waals surface area contributed by atoms with Crippen LogP contribution in [-0.2, 0) is 13.0 Å². The van der Waals surface area contributed by atoms with Crippen LogP contribution >= 0.6 is 0 Å². The highest BCUT2D eigenvalue weighted by Crippen LogP contribution is 2.18. The van der Waals surface area contributed by atoms with Crippen molar-refractivity contribution in [1.82, 2.24) is 0 Å². The molecule has 3 rings (SSSR count). The minimum absolute atomic E-state index is 0.671. The van der Waals surface area contributed by atoms with Crippen molar-refractivity contribution in [2.45, 2.75) is 19.4 Å². The molecule has 0 spiro atoms. The molecule has 3 heteroatoms. The third-order valence-electron chi connectivity index (χ3n) is 3.60. The number of hydrogen-bond acceptors (Lipinski definition) is 3. The number of ether oxygens (including phenoxy) is 1. The molecule has 0 bridgehead atoms. The summed E-state index contributed by atoms with van der Waals surface area (Å²) in [4.78, 5) is 0. The molecule has 0 aliphatic carbocycles. The van der Waals surface area contributed by atoms with Gasteiger partial charge < -0.3 is 14.5 Å². The molecule has 2 aromatic carbocycles. The van der Waals surface area contributed by atoms with Crippen molar-refractivity contribution in [3.63, 3.8) is 0 Å². The topological polar surface area (TPSA) is 34.4 Å². The van der Waals surface area contributed by atoms with Crippen LogP contribution in [0.25, 0.3) is 0 Å². The van der Waals surface area contributed by atoms with E-state index in [-0.39, 0.29) is 0 Å². The molecule has 1 N–H and O–H groups in total. The average molecular weight is 307 g/mol. The molecule has 1 aromatic heterocycles. The van der Waals surface area contributed by atoms with E-state index in [1.807, 2.05) is 42.5 Å². The van der Waals surface area contributed by atoms with Gasteiger partial charge in [0.2, 0.25) is 0 Å². The molecule has 0 fully saturated rings. The molecule has 0 aliphatic rings. The largest absolute Gasteiger partial charge is 0.494 e.